The third-order valence-electron chi connectivity index (χ3n) is 4.50. The molecular formula is C17H19F3N4O5S. The summed E-state index contributed by atoms with van der Waals surface area (Å²) in [5, 5.41) is 6.30. The van der Waals surface area contributed by atoms with Crippen LogP contribution in [0.4, 0.5) is 13.2 Å². The number of aromatic nitrogens is 2. The predicted octanol–water partition coefficient (Wildman–Crippen LogP) is 1.99. The number of carbonyl (C=O) groups excluding carboxylic acids is 1. The SMILES string of the molecule is Cc1noc(CNC(=O)C2CCN(S(=O)(=O)c3ccc(OC(F)(F)F)cc3)CC2)n1. The third kappa shape index (κ3) is 5.48. The quantitative estimate of drug-likeness (QED) is 0.719. The Kier molecular flexibility index (Phi) is 6.31. The fourth-order valence-corrected chi connectivity index (χ4v) is 4.51. The van der Waals surface area contributed by atoms with E-state index in [2.05, 4.69) is 20.2 Å². The summed E-state index contributed by atoms with van der Waals surface area (Å²) < 4.78 is 72.0. The monoisotopic (exact) mass is 448 g/mol. The summed E-state index contributed by atoms with van der Waals surface area (Å²) in [5.74, 6) is -0.387. The Morgan fingerprint density at radius 2 is 1.90 bits per heavy atom. The second kappa shape index (κ2) is 8.60. The van der Waals surface area contributed by atoms with Crippen molar-refractivity contribution < 1.29 is 35.6 Å². The fourth-order valence-electron chi connectivity index (χ4n) is 3.04. The Labute approximate surface area is 170 Å². The molecule has 1 fully saturated rings. The zero-order chi connectivity index (χ0) is 21.9. The van der Waals surface area contributed by atoms with Crippen molar-refractivity contribution in [2.45, 2.75) is 37.6 Å². The Morgan fingerprint density at radius 3 is 2.43 bits per heavy atom. The Balaban J connectivity index is 1.54. The number of alkyl halides is 3. The van der Waals surface area contributed by atoms with Gasteiger partial charge in [-0.2, -0.15) is 9.29 Å². The van der Waals surface area contributed by atoms with Crippen molar-refractivity contribution in [2.75, 3.05) is 13.1 Å². The molecule has 9 nitrogen and oxygen atoms in total. The normalized spacial score (nSPS) is 16.4. The lowest BCUT2D eigenvalue weighted by Gasteiger charge is -2.30. The minimum absolute atomic E-state index is 0.0878. The van der Waals surface area contributed by atoms with Crippen LogP contribution in [0.2, 0.25) is 0 Å². The number of ether oxygens (including phenoxy) is 1. The molecule has 0 saturated carbocycles. The third-order valence-corrected chi connectivity index (χ3v) is 6.42. The summed E-state index contributed by atoms with van der Waals surface area (Å²) in [7, 11) is -3.89. The number of nitrogens with zero attached hydrogens (tertiary/aromatic N) is 3. The Morgan fingerprint density at radius 1 is 1.27 bits per heavy atom. The van der Waals surface area contributed by atoms with E-state index in [9.17, 15) is 26.4 Å². The van der Waals surface area contributed by atoms with Crippen molar-refractivity contribution >= 4 is 15.9 Å². The first-order valence-electron chi connectivity index (χ1n) is 8.97. The van der Waals surface area contributed by atoms with E-state index in [1.807, 2.05) is 0 Å². The highest BCUT2D eigenvalue weighted by Gasteiger charge is 2.33. The van der Waals surface area contributed by atoms with Crippen molar-refractivity contribution in [1.29, 1.82) is 0 Å². The molecule has 1 aromatic carbocycles. The van der Waals surface area contributed by atoms with Crippen LogP contribution in [0.1, 0.15) is 24.6 Å². The van der Waals surface area contributed by atoms with E-state index in [-0.39, 0.29) is 42.2 Å². The van der Waals surface area contributed by atoms with Crippen LogP contribution in [0.15, 0.2) is 33.7 Å². The lowest BCUT2D eigenvalue weighted by Crippen LogP contribution is -2.42. The number of sulfonamides is 1. The largest absolute Gasteiger partial charge is 0.573 e. The van der Waals surface area contributed by atoms with Crippen LogP contribution in [0.5, 0.6) is 5.75 Å². The van der Waals surface area contributed by atoms with Gasteiger partial charge in [0.15, 0.2) is 5.82 Å². The van der Waals surface area contributed by atoms with Crippen LogP contribution < -0.4 is 10.1 Å². The van der Waals surface area contributed by atoms with E-state index < -0.39 is 22.1 Å². The van der Waals surface area contributed by atoms with Crippen molar-refractivity contribution in [3.05, 3.63) is 36.0 Å². The zero-order valence-electron chi connectivity index (χ0n) is 15.8. The maximum atomic E-state index is 12.7. The first-order valence-corrected chi connectivity index (χ1v) is 10.4. The molecule has 1 aromatic heterocycles. The van der Waals surface area contributed by atoms with Crippen molar-refractivity contribution in [1.82, 2.24) is 19.8 Å². The Hall–Kier alpha value is -2.67. The highest BCUT2D eigenvalue weighted by molar-refractivity contribution is 7.89. The summed E-state index contributed by atoms with van der Waals surface area (Å²) in [6, 6.07) is 4.00. The van der Waals surface area contributed by atoms with Gasteiger partial charge in [0.05, 0.1) is 11.4 Å². The van der Waals surface area contributed by atoms with E-state index in [4.69, 9.17) is 4.52 Å². The van der Waals surface area contributed by atoms with Crippen molar-refractivity contribution in [3.63, 3.8) is 0 Å². The van der Waals surface area contributed by atoms with Crippen LogP contribution in [-0.2, 0) is 21.4 Å². The number of hydrogen-bond donors (Lipinski definition) is 1. The lowest BCUT2D eigenvalue weighted by atomic mass is 9.97. The van der Waals surface area contributed by atoms with Crippen LogP contribution in [0, 0.1) is 12.8 Å². The van der Waals surface area contributed by atoms with Crippen LogP contribution in [0.25, 0.3) is 0 Å². The number of nitrogens with one attached hydrogen (secondary N) is 1. The molecule has 1 aliphatic rings. The predicted molar refractivity (Wildman–Crippen MR) is 95.5 cm³/mol. The summed E-state index contributed by atoms with van der Waals surface area (Å²) in [6.07, 6.45) is -4.24. The lowest BCUT2D eigenvalue weighted by molar-refractivity contribution is -0.274. The molecule has 0 spiro atoms. The first-order chi connectivity index (χ1) is 14.0. The van der Waals surface area contributed by atoms with Gasteiger partial charge < -0.3 is 14.6 Å². The number of amides is 1. The fraction of sp³-hybridized carbons (Fsp3) is 0.471. The van der Waals surface area contributed by atoms with E-state index in [1.165, 1.54) is 4.31 Å². The second-order valence-electron chi connectivity index (χ2n) is 6.65. The minimum atomic E-state index is -4.86. The molecule has 2 heterocycles. The molecule has 0 radical (unpaired) electrons. The highest BCUT2D eigenvalue weighted by atomic mass is 32.2. The average molecular weight is 448 g/mol. The zero-order valence-corrected chi connectivity index (χ0v) is 16.7. The van der Waals surface area contributed by atoms with Crippen LogP contribution >= 0.6 is 0 Å². The first kappa shape index (κ1) is 22.0. The molecule has 1 saturated heterocycles. The molecule has 164 valence electrons. The van der Waals surface area contributed by atoms with Gasteiger partial charge in [-0.05, 0) is 44.0 Å². The van der Waals surface area contributed by atoms with Gasteiger partial charge in [0.2, 0.25) is 21.8 Å². The number of rotatable bonds is 6. The number of halogens is 3. The van der Waals surface area contributed by atoms with Gasteiger partial charge in [-0.1, -0.05) is 5.16 Å². The molecule has 0 bridgehead atoms. The summed E-state index contributed by atoms with van der Waals surface area (Å²) in [4.78, 5) is 16.1. The van der Waals surface area contributed by atoms with Gasteiger partial charge in [0, 0.05) is 19.0 Å². The summed E-state index contributed by atoms with van der Waals surface area (Å²) in [5.41, 5.74) is 0. The van der Waals surface area contributed by atoms with Crippen molar-refractivity contribution in [2.24, 2.45) is 5.92 Å². The number of aryl methyl sites for hydroxylation is 1. The summed E-state index contributed by atoms with van der Waals surface area (Å²) in [6.45, 7) is 1.97. The van der Waals surface area contributed by atoms with Crippen LogP contribution in [-0.4, -0.2) is 48.2 Å². The van der Waals surface area contributed by atoms with Gasteiger partial charge in [0.25, 0.3) is 0 Å². The number of benzene rings is 1. The topological polar surface area (TPSA) is 115 Å². The summed E-state index contributed by atoms with van der Waals surface area (Å²) >= 11 is 0. The molecule has 0 aliphatic carbocycles. The molecule has 30 heavy (non-hydrogen) atoms. The Bertz CT molecular complexity index is 984. The van der Waals surface area contributed by atoms with E-state index >= 15 is 0 Å². The minimum Gasteiger partial charge on any atom is -0.406 e. The number of piperidine rings is 1. The van der Waals surface area contributed by atoms with Gasteiger partial charge in [-0.15, -0.1) is 13.2 Å². The average Bonchev–Trinajstić information content (AvgIpc) is 3.10. The molecular weight excluding hydrogens is 429 g/mol. The molecule has 3 rings (SSSR count). The molecule has 13 heteroatoms. The van der Waals surface area contributed by atoms with Crippen molar-refractivity contribution in [3.8, 4) is 5.75 Å². The van der Waals surface area contributed by atoms with E-state index in [1.54, 1.807) is 6.92 Å². The molecule has 0 atom stereocenters. The van der Waals surface area contributed by atoms with Gasteiger partial charge in [0.1, 0.15) is 5.75 Å². The number of hydrogen-bond acceptors (Lipinski definition) is 7. The van der Waals surface area contributed by atoms with Crippen LogP contribution in [0.3, 0.4) is 0 Å². The van der Waals surface area contributed by atoms with Gasteiger partial charge in [-0.3, -0.25) is 4.79 Å². The molecule has 1 N–H and O–H groups in total. The standard InChI is InChI=1S/C17H19F3N4O5S/c1-11-22-15(29-23-11)10-21-16(25)12-6-8-24(9-7-12)30(26,27)14-4-2-13(3-5-14)28-17(18,19)20/h2-5,12H,6-10H2,1H3,(H,21,25). The maximum absolute atomic E-state index is 12.7. The van der Waals surface area contributed by atoms with Gasteiger partial charge >= 0.3 is 6.36 Å². The molecule has 0 unspecified atom stereocenters. The smallest absolute Gasteiger partial charge is 0.406 e. The van der Waals surface area contributed by atoms with E-state index in [0.717, 1.165) is 24.3 Å². The molecule has 1 aliphatic heterocycles. The number of carbonyl (C=O) groups is 1. The molecule has 1 amide bonds. The van der Waals surface area contributed by atoms with E-state index in [0.29, 0.717) is 18.7 Å². The maximum Gasteiger partial charge on any atom is 0.573 e. The second-order valence-corrected chi connectivity index (χ2v) is 8.59. The van der Waals surface area contributed by atoms with Gasteiger partial charge in [-0.25, -0.2) is 8.42 Å². The molecule has 2 aromatic rings. The highest BCUT2D eigenvalue weighted by Crippen LogP contribution is 2.27.